The van der Waals surface area contributed by atoms with Crippen LogP contribution in [-0.2, 0) is 16.1 Å². The molecular weight excluding hydrogens is 366 g/mol. The Morgan fingerprint density at radius 1 is 1.10 bits per heavy atom. The fourth-order valence-corrected chi connectivity index (χ4v) is 5.21. The van der Waals surface area contributed by atoms with Crippen LogP contribution in [0.5, 0.6) is 5.75 Å². The van der Waals surface area contributed by atoms with Gasteiger partial charge in [-0.2, -0.15) is 0 Å². The van der Waals surface area contributed by atoms with Gasteiger partial charge in [-0.05, 0) is 43.9 Å². The van der Waals surface area contributed by atoms with Gasteiger partial charge in [0.25, 0.3) is 0 Å². The molecule has 3 heterocycles. The van der Waals surface area contributed by atoms with Gasteiger partial charge in [0.1, 0.15) is 5.75 Å². The minimum atomic E-state index is -0.425. The maximum atomic E-state index is 11.3. The molecule has 0 unspecified atom stereocenters. The highest BCUT2D eigenvalue weighted by molar-refractivity contribution is 5.73. The third-order valence-electron chi connectivity index (χ3n) is 7.25. The van der Waals surface area contributed by atoms with Crippen molar-refractivity contribution in [3.05, 3.63) is 23.8 Å². The third-order valence-corrected chi connectivity index (χ3v) is 7.25. The van der Waals surface area contributed by atoms with E-state index in [0.717, 1.165) is 69.2 Å². The number of anilines is 1. The number of carbonyl (C=O) groups excluding carboxylic acids is 1. The molecular formula is C23H33N3O3. The van der Waals surface area contributed by atoms with Gasteiger partial charge < -0.3 is 19.7 Å². The molecule has 0 aromatic heterocycles. The first kappa shape index (κ1) is 19.2. The van der Waals surface area contributed by atoms with Crippen molar-refractivity contribution in [2.75, 3.05) is 31.1 Å². The number of hydrogen-bond acceptors (Lipinski definition) is 5. The summed E-state index contributed by atoms with van der Waals surface area (Å²) in [5, 5.41) is 3.04. The Hall–Kier alpha value is -1.79. The monoisotopic (exact) mass is 399 g/mol. The summed E-state index contributed by atoms with van der Waals surface area (Å²) in [4.78, 5) is 16.3. The number of carbonyl (C=O) groups is 1. The second kappa shape index (κ2) is 7.80. The Labute approximate surface area is 173 Å². The molecule has 29 heavy (non-hydrogen) atoms. The second-order valence-electron chi connectivity index (χ2n) is 9.18. The van der Waals surface area contributed by atoms with Crippen molar-refractivity contribution in [2.45, 2.75) is 76.3 Å². The van der Waals surface area contributed by atoms with Crippen molar-refractivity contribution in [1.82, 2.24) is 10.2 Å². The molecule has 6 nitrogen and oxygen atoms in total. The van der Waals surface area contributed by atoms with Gasteiger partial charge in [-0.3, -0.25) is 9.69 Å². The van der Waals surface area contributed by atoms with Gasteiger partial charge >= 0.3 is 0 Å². The highest BCUT2D eigenvalue weighted by Crippen LogP contribution is 2.40. The van der Waals surface area contributed by atoms with Crippen LogP contribution < -0.4 is 15.0 Å². The molecule has 158 valence electrons. The molecule has 1 aromatic rings. The van der Waals surface area contributed by atoms with Gasteiger partial charge in [0.15, 0.2) is 0 Å². The fourth-order valence-electron chi connectivity index (χ4n) is 5.21. The van der Waals surface area contributed by atoms with Crippen LogP contribution in [0.1, 0.15) is 57.4 Å². The Morgan fingerprint density at radius 3 is 2.52 bits per heavy atom. The minimum absolute atomic E-state index is 0.0685. The first-order valence-electron chi connectivity index (χ1n) is 11.3. The number of piperidine rings is 2. The average molecular weight is 400 g/mol. The van der Waals surface area contributed by atoms with E-state index in [2.05, 4.69) is 33.3 Å². The van der Waals surface area contributed by atoms with E-state index in [0.29, 0.717) is 12.6 Å². The van der Waals surface area contributed by atoms with E-state index in [1.807, 2.05) is 0 Å². The second-order valence-corrected chi connectivity index (χ2v) is 9.18. The van der Waals surface area contributed by atoms with Crippen LogP contribution >= 0.6 is 0 Å². The molecule has 5 rings (SSSR count). The van der Waals surface area contributed by atoms with Gasteiger partial charge in [0.05, 0.1) is 6.61 Å². The first-order valence-corrected chi connectivity index (χ1v) is 11.3. The summed E-state index contributed by atoms with van der Waals surface area (Å²) in [5.41, 5.74) is 2.38. The quantitative estimate of drug-likeness (QED) is 0.847. The number of benzene rings is 1. The van der Waals surface area contributed by atoms with E-state index in [1.165, 1.54) is 24.9 Å². The smallest absolute Gasteiger partial charge is 0.217 e. The summed E-state index contributed by atoms with van der Waals surface area (Å²) < 4.78 is 12.7. The lowest BCUT2D eigenvalue weighted by atomic mass is 9.89. The number of hydrogen-bond donors (Lipinski definition) is 1. The number of nitrogens with zero attached hydrogens (tertiary/aromatic N) is 2. The lowest BCUT2D eigenvalue weighted by Crippen LogP contribution is -2.54. The van der Waals surface area contributed by atoms with Crippen molar-refractivity contribution in [1.29, 1.82) is 0 Å². The predicted octanol–water partition coefficient (Wildman–Crippen LogP) is 3.05. The number of ether oxygens (including phenoxy) is 2. The standard InChI is InChI=1S/C23H33N3O3/c1-17(27)24-19-7-11-25(12-8-19)21-5-6-22-18(15-21)16-28-23(29-22)9-13-26(14-10-23)20-3-2-4-20/h5-6,15,19-20H,2-4,7-14,16H2,1H3,(H,24,27). The van der Waals surface area contributed by atoms with Crippen LogP contribution in [0.3, 0.4) is 0 Å². The average Bonchev–Trinajstić information content (AvgIpc) is 2.68. The Bertz CT molecular complexity index is 748. The Kier molecular flexibility index (Phi) is 5.16. The topological polar surface area (TPSA) is 54.0 Å². The molecule has 1 aliphatic carbocycles. The lowest BCUT2D eigenvalue weighted by Gasteiger charge is -2.47. The van der Waals surface area contributed by atoms with Crippen LogP contribution in [0.15, 0.2) is 18.2 Å². The normalized spacial score (nSPS) is 25.2. The molecule has 3 aliphatic heterocycles. The molecule has 2 saturated heterocycles. The van der Waals surface area contributed by atoms with E-state index in [9.17, 15) is 4.79 Å². The fraction of sp³-hybridized carbons (Fsp3) is 0.696. The summed E-state index contributed by atoms with van der Waals surface area (Å²) in [6.45, 7) is 6.33. The number of amides is 1. The Morgan fingerprint density at radius 2 is 1.86 bits per heavy atom. The number of rotatable bonds is 3. The molecule has 0 bridgehead atoms. The van der Waals surface area contributed by atoms with Crippen molar-refractivity contribution in [3.8, 4) is 5.75 Å². The predicted molar refractivity (Wildman–Crippen MR) is 112 cm³/mol. The zero-order valence-electron chi connectivity index (χ0n) is 17.5. The molecule has 1 spiro atoms. The SMILES string of the molecule is CC(=O)NC1CCN(c2ccc3c(c2)COC2(CCN(C4CCC4)CC2)O3)CC1. The van der Waals surface area contributed by atoms with Crippen LogP contribution in [0.4, 0.5) is 5.69 Å². The van der Waals surface area contributed by atoms with Gasteiger partial charge in [-0.1, -0.05) is 6.42 Å². The van der Waals surface area contributed by atoms with E-state index in [1.54, 1.807) is 6.92 Å². The summed E-state index contributed by atoms with van der Waals surface area (Å²) in [6, 6.07) is 7.65. The van der Waals surface area contributed by atoms with Gasteiger partial charge in [0, 0.05) is 69.3 Å². The van der Waals surface area contributed by atoms with E-state index < -0.39 is 5.79 Å². The molecule has 1 amide bonds. The molecule has 1 aromatic carbocycles. The van der Waals surface area contributed by atoms with Crippen molar-refractivity contribution >= 4 is 11.6 Å². The van der Waals surface area contributed by atoms with E-state index >= 15 is 0 Å². The van der Waals surface area contributed by atoms with Crippen LogP contribution in [0.25, 0.3) is 0 Å². The molecule has 3 fully saturated rings. The Balaban J connectivity index is 1.20. The number of fused-ring (bicyclic) bond motifs is 1. The lowest BCUT2D eigenvalue weighted by molar-refractivity contribution is -0.231. The summed E-state index contributed by atoms with van der Waals surface area (Å²) in [5.74, 6) is 0.634. The highest BCUT2D eigenvalue weighted by atomic mass is 16.7. The van der Waals surface area contributed by atoms with Crippen molar-refractivity contribution in [3.63, 3.8) is 0 Å². The zero-order chi connectivity index (χ0) is 19.8. The van der Waals surface area contributed by atoms with Crippen LogP contribution in [0.2, 0.25) is 0 Å². The van der Waals surface area contributed by atoms with E-state index in [-0.39, 0.29) is 5.91 Å². The maximum absolute atomic E-state index is 11.3. The van der Waals surface area contributed by atoms with Crippen molar-refractivity contribution in [2.24, 2.45) is 0 Å². The first-order chi connectivity index (χ1) is 14.1. The van der Waals surface area contributed by atoms with Gasteiger partial charge in [-0.15, -0.1) is 0 Å². The molecule has 1 saturated carbocycles. The van der Waals surface area contributed by atoms with E-state index in [4.69, 9.17) is 9.47 Å². The molecule has 0 radical (unpaired) electrons. The zero-order valence-corrected chi connectivity index (χ0v) is 17.5. The largest absolute Gasteiger partial charge is 0.462 e. The minimum Gasteiger partial charge on any atom is -0.462 e. The third kappa shape index (κ3) is 3.97. The number of likely N-dealkylation sites (tertiary alicyclic amines) is 1. The molecule has 1 N–H and O–H groups in total. The van der Waals surface area contributed by atoms with Crippen molar-refractivity contribution < 1.29 is 14.3 Å². The number of nitrogens with one attached hydrogen (secondary N) is 1. The summed E-state index contributed by atoms with van der Waals surface area (Å²) >= 11 is 0. The molecule has 4 aliphatic rings. The molecule has 0 atom stereocenters. The van der Waals surface area contributed by atoms with Gasteiger partial charge in [0.2, 0.25) is 11.7 Å². The van der Waals surface area contributed by atoms with Crippen LogP contribution in [0, 0.1) is 0 Å². The summed E-state index contributed by atoms with van der Waals surface area (Å²) in [6.07, 6.45) is 8.02. The summed E-state index contributed by atoms with van der Waals surface area (Å²) in [7, 11) is 0. The van der Waals surface area contributed by atoms with Gasteiger partial charge in [-0.25, -0.2) is 0 Å². The maximum Gasteiger partial charge on any atom is 0.217 e. The molecule has 6 heteroatoms. The van der Waals surface area contributed by atoms with Crippen LogP contribution in [-0.4, -0.2) is 54.9 Å². The highest BCUT2D eigenvalue weighted by Gasteiger charge is 2.42.